The number of thioether (sulfide) groups is 1. The Labute approximate surface area is 191 Å². The normalized spacial score (nSPS) is 16.6. The summed E-state index contributed by atoms with van der Waals surface area (Å²) in [6, 6.07) is 7.93. The van der Waals surface area contributed by atoms with Crippen LogP contribution in [0.3, 0.4) is 0 Å². The van der Waals surface area contributed by atoms with Gasteiger partial charge in [-0.1, -0.05) is 29.5 Å². The summed E-state index contributed by atoms with van der Waals surface area (Å²) in [7, 11) is 0. The second-order valence-electron chi connectivity index (χ2n) is 7.78. The van der Waals surface area contributed by atoms with Crippen molar-refractivity contribution in [2.45, 2.75) is 38.3 Å². The molecule has 9 nitrogen and oxygen atoms in total. The lowest BCUT2D eigenvalue weighted by atomic mass is 10.1. The maximum Gasteiger partial charge on any atom is 0.337 e. The van der Waals surface area contributed by atoms with Crippen molar-refractivity contribution in [3.8, 4) is 5.69 Å². The summed E-state index contributed by atoms with van der Waals surface area (Å²) in [4.78, 5) is 26.5. The number of nitrogens with one attached hydrogen (secondary N) is 2. The largest absolute Gasteiger partial charge is 0.463 e. The lowest BCUT2D eigenvalue weighted by molar-refractivity contribution is -0.138. The summed E-state index contributed by atoms with van der Waals surface area (Å²) >= 11 is 1.43. The van der Waals surface area contributed by atoms with E-state index >= 15 is 0 Å². The first-order valence-corrected chi connectivity index (χ1v) is 11.9. The molecule has 1 aromatic heterocycles. The third-order valence-electron chi connectivity index (χ3n) is 5.47. The van der Waals surface area contributed by atoms with E-state index in [2.05, 4.69) is 61.5 Å². The average Bonchev–Trinajstić information content (AvgIpc) is 3.23. The first kappa shape index (κ1) is 22.2. The number of esters is 1. The zero-order chi connectivity index (χ0) is 22.5. The molecular formula is C22H28N6O3S. The van der Waals surface area contributed by atoms with Gasteiger partial charge in [-0.3, -0.25) is 4.57 Å². The number of urea groups is 1. The molecule has 1 fully saturated rings. The number of carbonyl (C=O) groups is 2. The van der Waals surface area contributed by atoms with Gasteiger partial charge in [0.25, 0.3) is 0 Å². The highest BCUT2D eigenvalue weighted by Crippen LogP contribution is 2.30. The van der Waals surface area contributed by atoms with E-state index in [9.17, 15) is 9.59 Å². The number of amides is 2. The number of hydrogen-bond acceptors (Lipinski definition) is 7. The van der Waals surface area contributed by atoms with Crippen molar-refractivity contribution in [2.24, 2.45) is 0 Å². The fourth-order valence-electron chi connectivity index (χ4n) is 3.78. The molecule has 2 N–H and O–H groups in total. The minimum absolute atomic E-state index is 0.143. The van der Waals surface area contributed by atoms with Crippen molar-refractivity contribution in [1.29, 1.82) is 0 Å². The lowest BCUT2D eigenvalue weighted by Gasteiger charge is -2.28. The quantitative estimate of drug-likeness (QED) is 0.488. The molecular weight excluding hydrogens is 428 g/mol. The maximum atomic E-state index is 12.3. The standard InChI is InChI=1S/C22H28N6O3S/c1-3-31-19(29)17-13-23-20(30)24-18(17)14-32-22-26-25-21(27-11-5-4-6-12-27)28(22)16-9-7-15(2)8-10-16/h7-10H,3-6,11-14H2,1-2H3,(H2,23,24,30). The van der Waals surface area contributed by atoms with Crippen LogP contribution >= 0.6 is 11.8 Å². The van der Waals surface area contributed by atoms with Gasteiger partial charge in [0.15, 0.2) is 5.16 Å². The highest BCUT2D eigenvalue weighted by atomic mass is 32.2. The monoisotopic (exact) mass is 456 g/mol. The lowest BCUT2D eigenvalue weighted by Crippen LogP contribution is -2.44. The predicted octanol–water partition coefficient (Wildman–Crippen LogP) is 2.79. The van der Waals surface area contributed by atoms with E-state index < -0.39 is 5.97 Å². The van der Waals surface area contributed by atoms with Crippen molar-refractivity contribution in [1.82, 2.24) is 25.4 Å². The van der Waals surface area contributed by atoms with E-state index in [0.717, 1.165) is 37.6 Å². The number of benzene rings is 1. The molecule has 10 heteroatoms. The summed E-state index contributed by atoms with van der Waals surface area (Å²) in [6.45, 7) is 6.14. The highest BCUT2D eigenvalue weighted by Gasteiger charge is 2.26. The molecule has 4 rings (SSSR count). The molecule has 2 aliphatic heterocycles. The molecule has 0 bridgehead atoms. The van der Waals surface area contributed by atoms with Crippen LogP contribution in [0.1, 0.15) is 31.7 Å². The Hall–Kier alpha value is -3.01. The fraction of sp³-hybridized carbons (Fsp3) is 0.455. The number of carbonyl (C=O) groups excluding carboxylic acids is 2. The van der Waals surface area contributed by atoms with Crippen LogP contribution in [0.15, 0.2) is 40.7 Å². The number of aromatic nitrogens is 3. The van der Waals surface area contributed by atoms with Crippen LogP contribution in [0.25, 0.3) is 5.69 Å². The van der Waals surface area contributed by atoms with E-state index in [-0.39, 0.29) is 19.2 Å². The topological polar surface area (TPSA) is 101 Å². The van der Waals surface area contributed by atoms with Crippen molar-refractivity contribution >= 4 is 29.7 Å². The Bertz CT molecular complexity index is 1010. The zero-order valence-electron chi connectivity index (χ0n) is 18.4. The van der Waals surface area contributed by atoms with Gasteiger partial charge < -0.3 is 20.3 Å². The third kappa shape index (κ3) is 4.90. The summed E-state index contributed by atoms with van der Waals surface area (Å²) < 4.78 is 7.21. The summed E-state index contributed by atoms with van der Waals surface area (Å²) in [5, 5.41) is 15.1. The number of aryl methyl sites for hydroxylation is 1. The molecule has 32 heavy (non-hydrogen) atoms. The zero-order valence-corrected chi connectivity index (χ0v) is 19.2. The van der Waals surface area contributed by atoms with E-state index in [1.807, 2.05) is 0 Å². The van der Waals surface area contributed by atoms with E-state index in [1.165, 1.54) is 23.7 Å². The first-order valence-electron chi connectivity index (χ1n) is 10.9. The molecule has 0 aliphatic carbocycles. The van der Waals surface area contributed by atoms with Crippen LogP contribution < -0.4 is 15.5 Å². The van der Waals surface area contributed by atoms with E-state index in [4.69, 9.17) is 4.74 Å². The molecule has 1 aromatic carbocycles. The van der Waals surface area contributed by atoms with Crippen LogP contribution in [0.2, 0.25) is 0 Å². The molecule has 0 unspecified atom stereocenters. The Morgan fingerprint density at radius 2 is 1.91 bits per heavy atom. The Morgan fingerprint density at radius 1 is 1.16 bits per heavy atom. The van der Waals surface area contributed by atoms with E-state index in [0.29, 0.717) is 22.2 Å². The molecule has 0 spiro atoms. The van der Waals surface area contributed by atoms with Crippen LogP contribution in [0.4, 0.5) is 10.7 Å². The smallest absolute Gasteiger partial charge is 0.337 e. The Kier molecular flexibility index (Phi) is 6.99. The SMILES string of the molecule is CCOC(=O)C1=C(CSc2nnc(N3CCCCC3)n2-c2ccc(C)cc2)NC(=O)NC1. The summed E-state index contributed by atoms with van der Waals surface area (Å²) in [5.41, 5.74) is 3.13. The number of nitrogens with zero attached hydrogens (tertiary/aromatic N) is 4. The van der Waals surface area contributed by atoms with E-state index in [1.54, 1.807) is 6.92 Å². The molecule has 0 atom stereocenters. The van der Waals surface area contributed by atoms with Crippen LogP contribution in [-0.4, -0.2) is 58.8 Å². The fourth-order valence-corrected chi connectivity index (χ4v) is 4.71. The van der Waals surface area contributed by atoms with Gasteiger partial charge in [0, 0.05) is 24.5 Å². The van der Waals surface area contributed by atoms with Crippen LogP contribution in [0.5, 0.6) is 0 Å². The van der Waals surface area contributed by atoms with Gasteiger partial charge in [0.05, 0.1) is 24.4 Å². The number of ether oxygens (including phenoxy) is 1. The third-order valence-corrected chi connectivity index (χ3v) is 6.42. The molecule has 3 heterocycles. The van der Waals surface area contributed by atoms with Gasteiger partial charge in [0.1, 0.15) is 0 Å². The molecule has 2 aliphatic rings. The van der Waals surface area contributed by atoms with Gasteiger partial charge in [-0.15, -0.1) is 10.2 Å². The first-order chi connectivity index (χ1) is 15.6. The molecule has 1 saturated heterocycles. The highest BCUT2D eigenvalue weighted by molar-refractivity contribution is 7.99. The van der Waals surface area contributed by atoms with Crippen molar-refractivity contribution in [2.75, 3.05) is 36.9 Å². The number of rotatable bonds is 7. The van der Waals surface area contributed by atoms with Crippen LogP contribution in [-0.2, 0) is 9.53 Å². The van der Waals surface area contributed by atoms with Gasteiger partial charge in [-0.2, -0.15) is 0 Å². The van der Waals surface area contributed by atoms with Crippen LogP contribution in [0, 0.1) is 6.92 Å². The minimum Gasteiger partial charge on any atom is -0.463 e. The minimum atomic E-state index is -0.426. The molecule has 0 saturated carbocycles. The van der Waals surface area contributed by atoms with Crippen molar-refractivity contribution in [3.63, 3.8) is 0 Å². The van der Waals surface area contributed by atoms with Gasteiger partial charge in [-0.25, -0.2) is 9.59 Å². The number of anilines is 1. The van der Waals surface area contributed by atoms with Gasteiger partial charge in [0.2, 0.25) is 5.95 Å². The number of hydrogen-bond donors (Lipinski definition) is 2. The number of piperidine rings is 1. The average molecular weight is 457 g/mol. The van der Waals surface area contributed by atoms with Crippen molar-refractivity contribution < 1.29 is 14.3 Å². The molecule has 0 radical (unpaired) electrons. The maximum absolute atomic E-state index is 12.3. The molecule has 2 aromatic rings. The molecule has 2 amide bonds. The Balaban J connectivity index is 1.64. The second-order valence-corrected chi connectivity index (χ2v) is 8.72. The second kappa shape index (κ2) is 10.1. The van der Waals surface area contributed by atoms with Gasteiger partial charge in [-0.05, 0) is 45.2 Å². The predicted molar refractivity (Wildman–Crippen MR) is 123 cm³/mol. The molecule has 170 valence electrons. The summed E-state index contributed by atoms with van der Waals surface area (Å²) in [6.07, 6.45) is 3.51. The summed E-state index contributed by atoms with van der Waals surface area (Å²) in [5.74, 6) is 0.764. The van der Waals surface area contributed by atoms with Crippen molar-refractivity contribution in [3.05, 3.63) is 41.1 Å². The van der Waals surface area contributed by atoms with Gasteiger partial charge >= 0.3 is 12.0 Å². The Morgan fingerprint density at radius 3 is 2.62 bits per heavy atom.